The number of rotatable bonds is 6. The van der Waals surface area contributed by atoms with Gasteiger partial charge in [-0.05, 0) is 38.3 Å². The van der Waals surface area contributed by atoms with Gasteiger partial charge in [0.15, 0.2) is 0 Å². The molecule has 0 unspecified atom stereocenters. The van der Waals surface area contributed by atoms with Crippen LogP contribution < -0.4 is 10.6 Å². The van der Waals surface area contributed by atoms with Crippen LogP contribution in [-0.4, -0.2) is 22.3 Å². The lowest BCUT2D eigenvalue weighted by Gasteiger charge is -2.21. The summed E-state index contributed by atoms with van der Waals surface area (Å²) in [4.78, 5) is 28.3. The highest BCUT2D eigenvalue weighted by molar-refractivity contribution is 5.96. The van der Waals surface area contributed by atoms with Crippen LogP contribution in [0.15, 0.2) is 18.3 Å². The van der Waals surface area contributed by atoms with Gasteiger partial charge in [-0.3, -0.25) is 14.6 Å². The van der Waals surface area contributed by atoms with Crippen molar-refractivity contribution in [2.24, 2.45) is 5.92 Å². The summed E-state index contributed by atoms with van der Waals surface area (Å²) in [5.41, 5.74) is -0.255. The Morgan fingerprint density at radius 1 is 1.32 bits per heavy atom. The summed E-state index contributed by atoms with van der Waals surface area (Å²) < 4.78 is 0. The third kappa shape index (κ3) is 6.18. The number of hydrogen-bond acceptors (Lipinski definition) is 4. The second kappa shape index (κ2) is 8.61. The van der Waals surface area contributed by atoms with Gasteiger partial charge in [-0.1, -0.05) is 32.1 Å². The summed E-state index contributed by atoms with van der Waals surface area (Å²) in [7, 11) is 0. The van der Waals surface area contributed by atoms with Gasteiger partial charge in [0.2, 0.25) is 5.91 Å². The second-order valence-electron chi connectivity index (χ2n) is 7.21. The standard InChI is InChI=1S/C19H26N4O2/c1-19(2,13-20)23-18(25)16-12-15(10-11-21-16)22-17(24)9-8-14-6-4-3-5-7-14/h10-12,14H,3-9H2,1-2H3,(H,23,25)(H,21,22,24). The molecular weight excluding hydrogens is 316 g/mol. The molecule has 1 aliphatic carbocycles. The first-order valence-electron chi connectivity index (χ1n) is 8.89. The monoisotopic (exact) mass is 342 g/mol. The number of carbonyl (C=O) groups excluding carboxylic acids is 2. The minimum atomic E-state index is -0.974. The van der Waals surface area contributed by atoms with Gasteiger partial charge >= 0.3 is 0 Å². The third-order valence-electron chi connectivity index (χ3n) is 4.49. The molecule has 134 valence electrons. The summed E-state index contributed by atoms with van der Waals surface area (Å²) in [5, 5.41) is 14.4. The first-order chi connectivity index (χ1) is 11.9. The maximum absolute atomic E-state index is 12.2. The molecule has 0 saturated heterocycles. The Morgan fingerprint density at radius 2 is 2.04 bits per heavy atom. The molecule has 1 saturated carbocycles. The first-order valence-corrected chi connectivity index (χ1v) is 8.89. The number of nitrogens with one attached hydrogen (secondary N) is 2. The van der Waals surface area contributed by atoms with E-state index in [1.807, 2.05) is 6.07 Å². The third-order valence-corrected chi connectivity index (χ3v) is 4.49. The molecule has 0 bridgehead atoms. The highest BCUT2D eigenvalue weighted by atomic mass is 16.2. The molecular formula is C19H26N4O2. The molecule has 0 atom stereocenters. The van der Waals surface area contributed by atoms with Crippen molar-refractivity contribution in [1.82, 2.24) is 10.3 Å². The number of anilines is 1. The molecule has 2 amide bonds. The molecule has 25 heavy (non-hydrogen) atoms. The molecule has 0 spiro atoms. The quantitative estimate of drug-likeness (QED) is 0.828. The van der Waals surface area contributed by atoms with Gasteiger partial charge in [0, 0.05) is 18.3 Å². The predicted molar refractivity (Wildman–Crippen MR) is 95.8 cm³/mol. The minimum absolute atomic E-state index is 0.0412. The zero-order valence-electron chi connectivity index (χ0n) is 15.0. The first kappa shape index (κ1) is 18.9. The Labute approximate surface area is 149 Å². The van der Waals surface area contributed by atoms with Crippen molar-refractivity contribution in [1.29, 1.82) is 5.26 Å². The number of nitriles is 1. The van der Waals surface area contributed by atoms with Crippen molar-refractivity contribution in [3.8, 4) is 6.07 Å². The smallest absolute Gasteiger partial charge is 0.271 e. The van der Waals surface area contributed by atoms with Gasteiger partial charge in [-0.15, -0.1) is 0 Å². The highest BCUT2D eigenvalue weighted by Gasteiger charge is 2.21. The number of aromatic nitrogens is 1. The lowest BCUT2D eigenvalue weighted by atomic mass is 9.86. The van der Waals surface area contributed by atoms with Crippen molar-refractivity contribution in [2.75, 3.05) is 5.32 Å². The van der Waals surface area contributed by atoms with Crippen molar-refractivity contribution >= 4 is 17.5 Å². The zero-order valence-corrected chi connectivity index (χ0v) is 15.0. The summed E-state index contributed by atoms with van der Waals surface area (Å²) in [6.07, 6.45) is 9.19. The average molecular weight is 342 g/mol. The van der Waals surface area contributed by atoms with Crippen LogP contribution in [0.25, 0.3) is 0 Å². The number of carbonyl (C=O) groups is 2. The average Bonchev–Trinajstić information content (AvgIpc) is 2.61. The van der Waals surface area contributed by atoms with E-state index in [1.165, 1.54) is 44.4 Å². The highest BCUT2D eigenvalue weighted by Crippen LogP contribution is 2.27. The van der Waals surface area contributed by atoms with Gasteiger partial charge in [-0.2, -0.15) is 5.26 Å². The van der Waals surface area contributed by atoms with Crippen LogP contribution in [0.3, 0.4) is 0 Å². The largest absolute Gasteiger partial charge is 0.333 e. The van der Waals surface area contributed by atoms with Crippen LogP contribution in [0, 0.1) is 17.2 Å². The van der Waals surface area contributed by atoms with E-state index in [9.17, 15) is 9.59 Å². The summed E-state index contributed by atoms with van der Waals surface area (Å²) in [6, 6.07) is 5.19. The van der Waals surface area contributed by atoms with E-state index in [-0.39, 0.29) is 11.6 Å². The Morgan fingerprint density at radius 3 is 2.72 bits per heavy atom. The fourth-order valence-corrected chi connectivity index (χ4v) is 3.04. The predicted octanol–water partition coefficient (Wildman–Crippen LogP) is 3.41. The topological polar surface area (TPSA) is 94.9 Å². The molecule has 1 heterocycles. The van der Waals surface area contributed by atoms with E-state index in [4.69, 9.17) is 5.26 Å². The van der Waals surface area contributed by atoms with E-state index >= 15 is 0 Å². The fraction of sp³-hybridized carbons (Fsp3) is 0.579. The van der Waals surface area contributed by atoms with E-state index in [0.29, 0.717) is 18.0 Å². The van der Waals surface area contributed by atoms with E-state index in [0.717, 1.165) is 6.42 Å². The van der Waals surface area contributed by atoms with Gasteiger partial charge in [0.25, 0.3) is 5.91 Å². The Kier molecular flexibility index (Phi) is 6.51. The number of pyridine rings is 1. The maximum atomic E-state index is 12.2. The normalized spacial score (nSPS) is 15.2. The van der Waals surface area contributed by atoms with Crippen LogP contribution in [0.4, 0.5) is 5.69 Å². The van der Waals surface area contributed by atoms with Crippen molar-refractivity contribution in [2.45, 2.75) is 64.3 Å². The maximum Gasteiger partial charge on any atom is 0.271 e. The Bertz CT molecular complexity index is 658. The van der Waals surface area contributed by atoms with Crippen molar-refractivity contribution < 1.29 is 9.59 Å². The van der Waals surface area contributed by atoms with Crippen molar-refractivity contribution in [3.05, 3.63) is 24.0 Å². The van der Waals surface area contributed by atoms with Crippen LogP contribution in [-0.2, 0) is 4.79 Å². The SMILES string of the molecule is CC(C)(C#N)NC(=O)c1cc(NC(=O)CCC2CCCCC2)ccn1. The second-order valence-corrected chi connectivity index (χ2v) is 7.21. The summed E-state index contributed by atoms with van der Waals surface area (Å²) in [6.45, 7) is 3.23. The molecule has 2 rings (SSSR count). The summed E-state index contributed by atoms with van der Waals surface area (Å²) in [5.74, 6) is 0.178. The van der Waals surface area contributed by atoms with Crippen LogP contribution in [0.2, 0.25) is 0 Å². The molecule has 1 fully saturated rings. The molecule has 2 N–H and O–H groups in total. The molecule has 6 heteroatoms. The molecule has 0 aliphatic heterocycles. The molecule has 1 aromatic heterocycles. The number of amides is 2. The number of nitrogens with zero attached hydrogens (tertiary/aromatic N) is 2. The zero-order chi connectivity index (χ0) is 18.3. The molecule has 6 nitrogen and oxygen atoms in total. The Balaban J connectivity index is 1.88. The van der Waals surface area contributed by atoms with Crippen LogP contribution >= 0.6 is 0 Å². The van der Waals surface area contributed by atoms with E-state index < -0.39 is 11.4 Å². The van der Waals surface area contributed by atoms with Gasteiger partial charge in [0.05, 0.1) is 6.07 Å². The minimum Gasteiger partial charge on any atom is -0.333 e. The number of hydrogen-bond donors (Lipinski definition) is 2. The molecule has 1 aliphatic rings. The van der Waals surface area contributed by atoms with Gasteiger partial charge in [0.1, 0.15) is 11.2 Å². The molecule has 1 aromatic rings. The molecule has 0 radical (unpaired) electrons. The Hall–Kier alpha value is -2.42. The van der Waals surface area contributed by atoms with Crippen molar-refractivity contribution in [3.63, 3.8) is 0 Å². The van der Waals surface area contributed by atoms with Gasteiger partial charge < -0.3 is 10.6 Å². The summed E-state index contributed by atoms with van der Waals surface area (Å²) >= 11 is 0. The molecule has 0 aromatic carbocycles. The lowest BCUT2D eigenvalue weighted by molar-refractivity contribution is -0.116. The van der Waals surface area contributed by atoms with E-state index in [2.05, 4.69) is 15.6 Å². The van der Waals surface area contributed by atoms with Crippen LogP contribution in [0.5, 0.6) is 0 Å². The van der Waals surface area contributed by atoms with E-state index in [1.54, 1.807) is 19.9 Å². The van der Waals surface area contributed by atoms with Crippen LogP contribution in [0.1, 0.15) is 69.3 Å². The fourth-order valence-electron chi connectivity index (χ4n) is 3.04. The van der Waals surface area contributed by atoms with Gasteiger partial charge in [-0.25, -0.2) is 0 Å². The lowest BCUT2D eigenvalue weighted by Crippen LogP contribution is -2.42.